The van der Waals surface area contributed by atoms with Crippen LogP contribution in [0.1, 0.15) is 29.4 Å². The Balaban J connectivity index is 1.70. The quantitative estimate of drug-likeness (QED) is 0.452. The molecule has 5 N–H and O–H groups in total. The number of hydrogen-bond acceptors (Lipinski definition) is 6. The van der Waals surface area contributed by atoms with Crippen LogP contribution in [0.5, 0.6) is 5.75 Å². The smallest absolute Gasteiger partial charge is 0.425 e. The molecular formula is C20H19F5N6O2. The van der Waals surface area contributed by atoms with E-state index >= 15 is 0 Å². The fourth-order valence-electron chi connectivity index (χ4n) is 2.77. The van der Waals surface area contributed by atoms with Crippen LogP contribution in [0.4, 0.5) is 33.6 Å². The van der Waals surface area contributed by atoms with Gasteiger partial charge in [0.1, 0.15) is 17.4 Å². The Labute approximate surface area is 184 Å². The summed E-state index contributed by atoms with van der Waals surface area (Å²) in [5.74, 6) is -0.828. The van der Waals surface area contributed by atoms with E-state index in [1.807, 2.05) is 0 Å². The van der Waals surface area contributed by atoms with Gasteiger partial charge in [-0.05, 0) is 30.7 Å². The number of amides is 1. The molecule has 0 bridgehead atoms. The Morgan fingerprint density at radius 3 is 2.42 bits per heavy atom. The van der Waals surface area contributed by atoms with Crippen LogP contribution in [0.3, 0.4) is 0 Å². The van der Waals surface area contributed by atoms with Crippen molar-refractivity contribution in [2.75, 3.05) is 11.5 Å². The van der Waals surface area contributed by atoms with E-state index in [1.54, 1.807) is 0 Å². The molecule has 13 heteroatoms. The maximum Gasteiger partial charge on any atom is 0.425 e. The zero-order valence-corrected chi connectivity index (χ0v) is 17.1. The number of hydrogen-bond donors (Lipinski definition) is 3. The number of alkyl halides is 5. The highest BCUT2D eigenvalue weighted by Gasteiger charge is 2.38. The number of carbonyl (C=O) groups excluding carboxylic acids is 1. The van der Waals surface area contributed by atoms with Gasteiger partial charge in [0.05, 0.1) is 11.8 Å². The number of nitrogens with one attached hydrogen (secondary N) is 1. The molecule has 3 aromatic rings. The van der Waals surface area contributed by atoms with Gasteiger partial charge in [-0.3, -0.25) is 4.79 Å². The van der Waals surface area contributed by atoms with Crippen LogP contribution in [0.15, 0.2) is 42.7 Å². The lowest BCUT2D eigenvalue weighted by Gasteiger charge is -2.17. The van der Waals surface area contributed by atoms with Gasteiger partial charge >= 0.3 is 12.7 Å². The summed E-state index contributed by atoms with van der Waals surface area (Å²) in [5, 5.41) is 6.12. The Kier molecular flexibility index (Phi) is 6.70. The number of halogens is 5. The second-order valence-corrected chi connectivity index (χ2v) is 6.97. The lowest BCUT2D eigenvalue weighted by molar-refractivity contribution is -0.189. The summed E-state index contributed by atoms with van der Waals surface area (Å²) in [7, 11) is 0. The number of nitrogen functional groups attached to an aromatic ring is 2. The van der Waals surface area contributed by atoms with Gasteiger partial charge < -0.3 is 21.5 Å². The van der Waals surface area contributed by atoms with Gasteiger partial charge in [-0.25, -0.2) is 9.67 Å². The normalized spacial score (nSPS) is 12.6. The number of nitrogens with zero attached hydrogens (tertiary/aromatic N) is 3. The van der Waals surface area contributed by atoms with E-state index in [0.717, 1.165) is 19.3 Å². The molecule has 0 spiro atoms. The van der Waals surface area contributed by atoms with E-state index in [4.69, 9.17) is 16.2 Å². The topological polar surface area (TPSA) is 121 Å². The molecule has 0 aliphatic heterocycles. The molecular weight excluding hydrogens is 451 g/mol. The fourth-order valence-corrected chi connectivity index (χ4v) is 2.77. The molecule has 8 nitrogen and oxygen atoms in total. The molecule has 2 heterocycles. The van der Waals surface area contributed by atoms with Crippen LogP contribution in [-0.4, -0.2) is 33.0 Å². The first-order chi connectivity index (χ1) is 15.5. The number of anilines is 2. The molecule has 33 heavy (non-hydrogen) atoms. The number of pyridine rings is 1. The minimum atomic E-state index is -4.49. The molecule has 0 saturated carbocycles. The highest BCUT2D eigenvalue weighted by atomic mass is 19.4. The van der Waals surface area contributed by atoms with Crippen LogP contribution in [0.2, 0.25) is 0 Å². The Morgan fingerprint density at radius 2 is 1.85 bits per heavy atom. The summed E-state index contributed by atoms with van der Waals surface area (Å²) in [5.41, 5.74) is 12.6. The SMILES string of the molecule is CC(Oc1ccc(CNC(=O)c2cc(-c3cnn(C(F)F)c3)c(N)nc2N)cc1)C(F)(F)F. The molecule has 176 valence electrons. The Bertz CT molecular complexity index is 1130. The van der Waals surface area contributed by atoms with E-state index in [1.165, 1.54) is 30.3 Å². The largest absolute Gasteiger partial charge is 0.481 e. The highest BCUT2D eigenvalue weighted by Crippen LogP contribution is 2.29. The second kappa shape index (κ2) is 9.30. The van der Waals surface area contributed by atoms with Crippen LogP contribution < -0.4 is 21.5 Å². The van der Waals surface area contributed by atoms with E-state index < -0.39 is 24.7 Å². The molecule has 2 aromatic heterocycles. The lowest BCUT2D eigenvalue weighted by Crippen LogP contribution is -2.31. The first-order valence-electron chi connectivity index (χ1n) is 9.45. The van der Waals surface area contributed by atoms with Gasteiger partial charge in [0, 0.05) is 23.9 Å². The zero-order chi connectivity index (χ0) is 24.3. The van der Waals surface area contributed by atoms with Crippen LogP contribution in [0, 0.1) is 0 Å². The predicted octanol–water partition coefficient (Wildman–Crippen LogP) is 3.76. The van der Waals surface area contributed by atoms with Crippen molar-refractivity contribution < 1.29 is 31.5 Å². The van der Waals surface area contributed by atoms with Crippen molar-refractivity contribution in [3.63, 3.8) is 0 Å². The van der Waals surface area contributed by atoms with E-state index in [9.17, 15) is 26.7 Å². The van der Waals surface area contributed by atoms with E-state index in [-0.39, 0.29) is 40.6 Å². The number of carbonyl (C=O) groups is 1. The van der Waals surface area contributed by atoms with Crippen molar-refractivity contribution in [1.29, 1.82) is 0 Å². The van der Waals surface area contributed by atoms with Gasteiger partial charge in [-0.15, -0.1) is 0 Å². The van der Waals surface area contributed by atoms with E-state index in [0.29, 0.717) is 10.2 Å². The molecule has 1 unspecified atom stereocenters. The molecule has 3 rings (SSSR count). The summed E-state index contributed by atoms with van der Waals surface area (Å²) in [6, 6.07) is 7.00. The fraction of sp³-hybridized carbons (Fsp3) is 0.250. The molecule has 0 saturated heterocycles. The molecule has 1 amide bonds. The van der Waals surface area contributed by atoms with Gasteiger partial charge in [0.2, 0.25) is 0 Å². The number of benzene rings is 1. The molecule has 0 aliphatic rings. The van der Waals surface area contributed by atoms with Crippen molar-refractivity contribution in [2.24, 2.45) is 0 Å². The van der Waals surface area contributed by atoms with Crippen molar-refractivity contribution in [1.82, 2.24) is 20.1 Å². The summed E-state index contributed by atoms with van der Waals surface area (Å²) in [4.78, 5) is 16.5. The first kappa shape index (κ1) is 23.8. The number of aromatic nitrogens is 3. The third-order valence-corrected chi connectivity index (χ3v) is 4.59. The van der Waals surface area contributed by atoms with Crippen molar-refractivity contribution >= 4 is 17.5 Å². The van der Waals surface area contributed by atoms with Gasteiger partial charge in [0.25, 0.3) is 5.91 Å². The summed E-state index contributed by atoms with van der Waals surface area (Å²) in [6.45, 7) is -1.93. The predicted molar refractivity (Wildman–Crippen MR) is 109 cm³/mol. The maximum absolute atomic E-state index is 12.8. The van der Waals surface area contributed by atoms with Crippen LogP contribution in [0.25, 0.3) is 11.1 Å². The Morgan fingerprint density at radius 1 is 1.18 bits per heavy atom. The van der Waals surface area contributed by atoms with Gasteiger partial charge in [0.15, 0.2) is 6.10 Å². The Hall–Kier alpha value is -3.90. The molecule has 1 atom stereocenters. The van der Waals surface area contributed by atoms with E-state index in [2.05, 4.69) is 15.4 Å². The average Bonchev–Trinajstić information content (AvgIpc) is 3.23. The second-order valence-electron chi connectivity index (χ2n) is 6.97. The number of ether oxygens (including phenoxy) is 1. The van der Waals surface area contributed by atoms with Gasteiger partial charge in [-0.1, -0.05) is 12.1 Å². The minimum absolute atomic E-state index is 0.0240. The third-order valence-electron chi connectivity index (χ3n) is 4.59. The minimum Gasteiger partial charge on any atom is -0.481 e. The average molecular weight is 470 g/mol. The molecule has 0 aliphatic carbocycles. The standard InChI is InChI=1S/C20H19F5N6O2/c1-10(20(23,24)25)33-13-4-2-11(3-5-13)7-28-18(32)15-6-14(16(26)30-17(15)27)12-8-29-31(9-12)19(21)22/h2-6,8-10,19H,7H2,1H3,(H,28,32)(H4,26,27,30). The third kappa shape index (κ3) is 5.67. The first-order valence-corrected chi connectivity index (χ1v) is 9.45. The maximum atomic E-state index is 12.8. The summed E-state index contributed by atoms with van der Waals surface area (Å²) in [6.07, 6.45) is -4.25. The molecule has 0 fully saturated rings. The number of nitrogens with two attached hydrogens (primary N) is 2. The highest BCUT2D eigenvalue weighted by molar-refractivity contribution is 6.00. The van der Waals surface area contributed by atoms with Crippen molar-refractivity contribution in [3.05, 3.63) is 53.9 Å². The monoisotopic (exact) mass is 470 g/mol. The zero-order valence-electron chi connectivity index (χ0n) is 17.1. The summed E-state index contributed by atoms with van der Waals surface area (Å²) >= 11 is 0. The number of rotatable bonds is 7. The molecule has 0 radical (unpaired) electrons. The van der Waals surface area contributed by atoms with Crippen molar-refractivity contribution in [2.45, 2.75) is 32.3 Å². The van der Waals surface area contributed by atoms with Crippen LogP contribution in [-0.2, 0) is 6.54 Å². The molecule has 1 aromatic carbocycles. The van der Waals surface area contributed by atoms with Crippen molar-refractivity contribution in [3.8, 4) is 16.9 Å². The summed E-state index contributed by atoms with van der Waals surface area (Å²) < 4.78 is 68.6. The lowest BCUT2D eigenvalue weighted by atomic mass is 10.1. The van der Waals surface area contributed by atoms with Gasteiger partial charge in [-0.2, -0.15) is 27.1 Å². The van der Waals surface area contributed by atoms with Crippen LogP contribution >= 0.6 is 0 Å².